The summed E-state index contributed by atoms with van der Waals surface area (Å²) in [5.41, 5.74) is 1.08. The topological polar surface area (TPSA) is 57.8 Å². The fourth-order valence-corrected chi connectivity index (χ4v) is 2.40. The Morgan fingerprint density at radius 3 is 2.23 bits per heavy atom. The number of aryl methyl sites for hydroxylation is 1. The summed E-state index contributed by atoms with van der Waals surface area (Å²) in [6.07, 6.45) is -4.43. The van der Waals surface area contributed by atoms with E-state index in [9.17, 15) is 22.4 Å². The van der Waals surface area contributed by atoms with Gasteiger partial charge in [-0.05, 0) is 43.3 Å². The van der Waals surface area contributed by atoms with Gasteiger partial charge >= 0.3 is 6.18 Å². The highest BCUT2D eigenvalue weighted by Crippen LogP contribution is 2.33. The first-order chi connectivity index (χ1) is 12.3. The van der Waals surface area contributed by atoms with E-state index in [1.807, 2.05) is 0 Å². The number of halogens is 4. The number of hydrogen-bond donors (Lipinski definition) is 2. The molecular formula is C18H13F4N3O. The maximum absolute atomic E-state index is 13.0. The summed E-state index contributed by atoms with van der Waals surface area (Å²) in [6, 6.07) is 9.45. The molecule has 2 aromatic carbocycles. The molecular weight excluding hydrogens is 350 g/mol. The molecule has 0 bridgehead atoms. The largest absolute Gasteiger partial charge is 0.416 e. The number of amides is 1. The van der Waals surface area contributed by atoms with Crippen LogP contribution in [0.5, 0.6) is 0 Å². The quantitative estimate of drug-likeness (QED) is 0.657. The van der Waals surface area contributed by atoms with E-state index >= 15 is 0 Å². The molecule has 134 valence electrons. The first kappa shape index (κ1) is 17.7. The van der Waals surface area contributed by atoms with E-state index in [-0.39, 0.29) is 5.56 Å². The van der Waals surface area contributed by atoms with E-state index in [0.717, 1.165) is 24.3 Å². The van der Waals surface area contributed by atoms with Crippen LogP contribution in [0.1, 0.15) is 21.6 Å². The number of nitrogens with zero attached hydrogens (tertiary/aromatic N) is 1. The highest BCUT2D eigenvalue weighted by atomic mass is 19.4. The fraction of sp³-hybridized carbons (Fsp3) is 0.111. The second-order valence-electron chi connectivity index (χ2n) is 5.61. The van der Waals surface area contributed by atoms with E-state index in [0.29, 0.717) is 22.6 Å². The van der Waals surface area contributed by atoms with Crippen LogP contribution in [0.3, 0.4) is 0 Å². The summed E-state index contributed by atoms with van der Waals surface area (Å²) in [6.45, 7) is 1.67. The van der Waals surface area contributed by atoms with Crippen molar-refractivity contribution in [1.29, 1.82) is 0 Å². The maximum atomic E-state index is 13.0. The van der Waals surface area contributed by atoms with Gasteiger partial charge in [-0.2, -0.15) is 18.3 Å². The van der Waals surface area contributed by atoms with Crippen LogP contribution in [0.15, 0.2) is 48.5 Å². The summed E-state index contributed by atoms with van der Waals surface area (Å²) in [7, 11) is 0. The van der Waals surface area contributed by atoms with Crippen molar-refractivity contribution in [3.8, 4) is 11.3 Å². The zero-order valence-corrected chi connectivity index (χ0v) is 13.5. The second-order valence-corrected chi connectivity index (χ2v) is 5.61. The van der Waals surface area contributed by atoms with E-state index < -0.39 is 23.5 Å². The Bertz CT molecular complexity index is 929. The monoisotopic (exact) mass is 363 g/mol. The summed E-state index contributed by atoms with van der Waals surface area (Å²) in [4.78, 5) is 12.3. The van der Waals surface area contributed by atoms with Gasteiger partial charge in [0.1, 0.15) is 11.5 Å². The normalized spacial score (nSPS) is 11.4. The minimum atomic E-state index is -4.43. The number of carbonyl (C=O) groups excluding carboxylic acids is 1. The number of carbonyl (C=O) groups is 1. The molecule has 0 fully saturated rings. The number of H-pyrrole nitrogens is 1. The van der Waals surface area contributed by atoms with Crippen LogP contribution in [0.4, 0.5) is 23.2 Å². The molecule has 1 amide bonds. The van der Waals surface area contributed by atoms with Crippen LogP contribution in [0.25, 0.3) is 11.3 Å². The number of alkyl halides is 3. The fourth-order valence-electron chi connectivity index (χ4n) is 2.40. The first-order valence-electron chi connectivity index (χ1n) is 7.55. The van der Waals surface area contributed by atoms with Crippen molar-refractivity contribution in [3.05, 3.63) is 71.2 Å². The van der Waals surface area contributed by atoms with Gasteiger partial charge in [-0.3, -0.25) is 9.89 Å². The number of rotatable bonds is 3. The third kappa shape index (κ3) is 3.58. The van der Waals surface area contributed by atoms with E-state index in [1.165, 1.54) is 24.3 Å². The number of nitrogens with one attached hydrogen (secondary N) is 2. The summed E-state index contributed by atoms with van der Waals surface area (Å²) < 4.78 is 51.0. The van der Waals surface area contributed by atoms with Gasteiger partial charge in [0.05, 0.1) is 16.9 Å². The lowest BCUT2D eigenvalue weighted by molar-refractivity contribution is -0.137. The van der Waals surface area contributed by atoms with Gasteiger partial charge in [0.25, 0.3) is 5.91 Å². The van der Waals surface area contributed by atoms with Crippen molar-refractivity contribution in [3.63, 3.8) is 0 Å². The molecule has 4 nitrogen and oxygen atoms in total. The van der Waals surface area contributed by atoms with E-state index in [1.54, 1.807) is 6.92 Å². The van der Waals surface area contributed by atoms with Crippen molar-refractivity contribution in [2.24, 2.45) is 0 Å². The molecule has 0 saturated heterocycles. The lowest BCUT2D eigenvalue weighted by Gasteiger charge is -2.09. The van der Waals surface area contributed by atoms with E-state index in [2.05, 4.69) is 15.5 Å². The maximum Gasteiger partial charge on any atom is 0.416 e. The molecule has 0 atom stereocenters. The molecule has 0 radical (unpaired) electrons. The van der Waals surface area contributed by atoms with Crippen LogP contribution in [0, 0.1) is 12.7 Å². The number of hydrogen-bond acceptors (Lipinski definition) is 2. The summed E-state index contributed by atoms with van der Waals surface area (Å²) in [5.74, 6) is -0.950. The molecule has 3 rings (SSSR count). The van der Waals surface area contributed by atoms with Crippen molar-refractivity contribution < 1.29 is 22.4 Å². The van der Waals surface area contributed by atoms with Crippen LogP contribution in [-0.2, 0) is 6.18 Å². The Kier molecular flexibility index (Phi) is 4.50. The highest BCUT2D eigenvalue weighted by molar-refractivity contribution is 6.06. The van der Waals surface area contributed by atoms with Gasteiger partial charge in [-0.1, -0.05) is 12.1 Å². The van der Waals surface area contributed by atoms with Gasteiger partial charge in [0, 0.05) is 11.1 Å². The molecule has 0 aliphatic rings. The summed E-state index contributed by atoms with van der Waals surface area (Å²) in [5, 5.41) is 9.42. The molecule has 26 heavy (non-hydrogen) atoms. The van der Waals surface area contributed by atoms with Crippen LogP contribution < -0.4 is 5.32 Å². The second kappa shape index (κ2) is 6.62. The first-order valence-corrected chi connectivity index (χ1v) is 7.55. The Hall–Kier alpha value is -3.16. The predicted molar refractivity (Wildman–Crippen MR) is 88.1 cm³/mol. The Balaban J connectivity index is 1.89. The van der Waals surface area contributed by atoms with Gasteiger partial charge in [0.15, 0.2) is 0 Å². The van der Waals surface area contributed by atoms with Crippen molar-refractivity contribution in [1.82, 2.24) is 10.2 Å². The number of aromatic nitrogens is 2. The van der Waals surface area contributed by atoms with Gasteiger partial charge in [0.2, 0.25) is 0 Å². The Morgan fingerprint density at radius 1 is 1.04 bits per heavy atom. The van der Waals surface area contributed by atoms with Crippen molar-refractivity contribution in [2.45, 2.75) is 13.1 Å². The average Bonchev–Trinajstić information content (AvgIpc) is 2.95. The average molecular weight is 363 g/mol. The lowest BCUT2D eigenvalue weighted by Crippen LogP contribution is -2.13. The minimum absolute atomic E-state index is 0.241. The molecule has 0 aliphatic heterocycles. The van der Waals surface area contributed by atoms with Crippen molar-refractivity contribution >= 4 is 11.6 Å². The number of benzene rings is 2. The van der Waals surface area contributed by atoms with Crippen LogP contribution in [-0.4, -0.2) is 16.1 Å². The molecule has 8 heteroatoms. The molecule has 1 aromatic heterocycles. The smallest absolute Gasteiger partial charge is 0.319 e. The van der Waals surface area contributed by atoms with Crippen LogP contribution >= 0.6 is 0 Å². The standard InChI is InChI=1S/C18H13F4N3O/c1-10-15(23-17(26)12-4-8-14(19)9-5-12)16(25-24-10)11-2-6-13(7-3-11)18(20,21)22/h2-9H,1H3,(H,23,26)(H,24,25). The van der Waals surface area contributed by atoms with Gasteiger partial charge in [-0.15, -0.1) is 0 Å². The number of anilines is 1. The van der Waals surface area contributed by atoms with Crippen LogP contribution in [0.2, 0.25) is 0 Å². The zero-order chi connectivity index (χ0) is 18.9. The zero-order valence-electron chi connectivity index (χ0n) is 13.5. The summed E-state index contributed by atoms with van der Waals surface area (Å²) >= 11 is 0. The minimum Gasteiger partial charge on any atom is -0.319 e. The SMILES string of the molecule is Cc1[nH]nc(-c2ccc(C(F)(F)F)cc2)c1NC(=O)c1ccc(F)cc1. The van der Waals surface area contributed by atoms with E-state index in [4.69, 9.17) is 0 Å². The molecule has 0 unspecified atom stereocenters. The third-order valence-corrected chi connectivity index (χ3v) is 3.78. The highest BCUT2D eigenvalue weighted by Gasteiger charge is 2.30. The molecule has 0 aliphatic carbocycles. The van der Waals surface area contributed by atoms with Gasteiger partial charge < -0.3 is 5.32 Å². The van der Waals surface area contributed by atoms with Gasteiger partial charge in [-0.25, -0.2) is 4.39 Å². The molecule has 0 saturated carbocycles. The predicted octanol–water partition coefficient (Wildman–Crippen LogP) is 4.80. The Labute approximate surface area is 145 Å². The third-order valence-electron chi connectivity index (χ3n) is 3.78. The molecule has 3 aromatic rings. The molecule has 2 N–H and O–H groups in total. The lowest BCUT2D eigenvalue weighted by atomic mass is 10.1. The molecule has 1 heterocycles. The van der Waals surface area contributed by atoms with Crippen molar-refractivity contribution in [2.75, 3.05) is 5.32 Å². The molecule has 0 spiro atoms. The Morgan fingerprint density at radius 2 is 1.65 bits per heavy atom. The number of aromatic amines is 1.